The minimum Gasteiger partial charge on any atom is -0.497 e. The highest BCUT2D eigenvalue weighted by atomic mass is 16.5. The smallest absolute Gasteiger partial charge is 0.291 e. The van der Waals surface area contributed by atoms with Crippen molar-refractivity contribution in [1.82, 2.24) is 5.43 Å². The van der Waals surface area contributed by atoms with E-state index in [1.54, 1.807) is 25.3 Å². The summed E-state index contributed by atoms with van der Waals surface area (Å²) in [4.78, 5) is 26.7. The second-order valence-corrected chi connectivity index (χ2v) is 9.52. The Kier molecular flexibility index (Phi) is 7.96. The standard InChI is InChI=1S/C32H31N3O5/c1-20-28-25(34-35-31(36)29(21-11-6-4-7-12-21)22-13-8-5-9-14-22)15-10-16-26(28)40-30(20)32(37)33-24-18-17-23(38-2)19-27(24)39-3/h4-9,11-14,17-19,29H,10,15-16H2,1-3H3,(H,33,37)(H,35,36)/b34-25+. The Morgan fingerprint density at radius 1 is 0.900 bits per heavy atom. The monoisotopic (exact) mass is 537 g/mol. The lowest BCUT2D eigenvalue weighted by Gasteiger charge is -2.18. The highest BCUT2D eigenvalue weighted by Crippen LogP contribution is 2.33. The highest BCUT2D eigenvalue weighted by Gasteiger charge is 2.29. The Morgan fingerprint density at radius 2 is 1.57 bits per heavy atom. The van der Waals surface area contributed by atoms with Crippen molar-refractivity contribution >= 4 is 23.2 Å². The Hall–Kier alpha value is -4.85. The molecule has 4 aromatic rings. The van der Waals surface area contributed by atoms with E-state index in [2.05, 4.69) is 15.8 Å². The van der Waals surface area contributed by atoms with E-state index in [1.165, 1.54) is 7.11 Å². The molecule has 1 aliphatic rings. The topological polar surface area (TPSA) is 102 Å². The van der Waals surface area contributed by atoms with Crippen molar-refractivity contribution in [2.24, 2.45) is 5.10 Å². The van der Waals surface area contributed by atoms with Crippen molar-refractivity contribution in [2.75, 3.05) is 19.5 Å². The molecule has 8 heteroatoms. The number of ether oxygens (including phenoxy) is 2. The molecule has 0 fully saturated rings. The lowest BCUT2D eigenvalue weighted by Crippen LogP contribution is -2.28. The van der Waals surface area contributed by atoms with Crippen molar-refractivity contribution in [3.05, 3.63) is 113 Å². The third-order valence-electron chi connectivity index (χ3n) is 7.02. The minimum atomic E-state index is -0.513. The predicted molar refractivity (Wildman–Crippen MR) is 153 cm³/mol. The number of hydrogen-bond donors (Lipinski definition) is 2. The fourth-order valence-corrected chi connectivity index (χ4v) is 5.05. The molecule has 0 spiro atoms. The predicted octanol–water partition coefficient (Wildman–Crippen LogP) is 5.85. The highest BCUT2D eigenvalue weighted by molar-refractivity contribution is 6.09. The number of benzene rings is 3. The van der Waals surface area contributed by atoms with Gasteiger partial charge in [0.05, 0.1) is 31.5 Å². The van der Waals surface area contributed by atoms with E-state index in [9.17, 15) is 9.59 Å². The fourth-order valence-electron chi connectivity index (χ4n) is 5.05. The summed E-state index contributed by atoms with van der Waals surface area (Å²) in [7, 11) is 3.09. The molecule has 3 aromatic carbocycles. The number of anilines is 1. The van der Waals surface area contributed by atoms with Gasteiger partial charge >= 0.3 is 0 Å². The summed E-state index contributed by atoms with van der Waals surface area (Å²) in [5.74, 6) is 0.833. The Labute approximate surface area is 233 Å². The second kappa shape index (κ2) is 11.9. The molecule has 2 N–H and O–H groups in total. The van der Waals surface area contributed by atoms with Gasteiger partial charge in [-0.2, -0.15) is 5.10 Å². The van der Waals surface area contributed by atoms with E-state index >= 15 is 0 Å². The zero-order valence-corrected chi connectivity index (χ0v) is 22.7. The van der Waals surface area contributed by atoms with E-state index in [1.807, 2.05) is 67.6 Å². The number of rotatable bonds is 8. The van der Waals surface area contributed by atoms with Crippen molar-refractivity contribution in [2.45, 2.75) is 32.1 Å². The van der Waals surface area contributed by atoms with E-state index in [4.69, 9.17) is 13.9 Å². The van der Waals surface area contributed by atoms with Gasteiger partial charge in [-0.15, -0.1) is 0 Å². The minimum absolute atomic E-state index is 0.204. The largest absolute Gasteiger partial charge is 0.497 e. The van der Waals surface area contributed by atoms with Gasteiger partial charge in [0.15, 0.2) is 5.76 Å². The average molecular weight is 538 g/mol. The van der Waals surface area contributed by atoms with Gasteiger partial charge in [-0.3, -0.25) is 9.59 Å². The quantitative estimate of drug-likeness (QED) is 0.275. The average Bonchev–Trinajstić information content (AvgIpc) is 3.34. The number of hydrogen-bond acceptors (Lipinski definition) is 6. The summed E-state index contributed by atoms with van der Waals surface area (Å²) in [5, 5.41) is 7.42. The van der Waals surface area contributed by atoms with Crippen molar-refractivity contribution in [1.29, 1.82) is 0 Å². The summed E-state index contributed by atoms with van der Waals surface area (Å²) in [6, 6.07) is 24.4. The molecule has 0 saturated heterocycles. The van der Waals surface area contributed by atoms with Crippen LogP contribution in [0, 0.1) is 6.92 Å². The summed E-state index contributed by atoms with van der Waals surface area (Å²) in [6.45, 7) is 1.84. The molecule has 0 aliphatic heterocycles. The first kappa shape index (κ1) is 26.7. The van der Waals surface area contributed by atoms with Crippen molar-refractivity contribution < 1.29 is 23.5 Å². The molecule has 5 rings (SSSR count). The van der Waals surface area contributed by atoms with Gasteiger partial charge in [-0.05, 0) is 43.0 Å². The maximum atomic E-state index is 13.5. The van der Waals surface area contributed by atoms with Gasteiger partial charge < -0.3 is 19.2 Å². The molecule has 8 nitrogen and oxygen atoms in total. The SMILES string of the molecule is COc1ccc(NC(=O)c2oc3c(c2C)/C(=N/NC(=O)C(c2ccccc2)c2ccccc2)CCC3)c(OC)c1. The number of amides is 2. The lowest BCUT2D eigenvalue weighted by molar-refractivity contribution is -0.121. The zero-order valence-electron chi connectivity index (χ0n) is 22.7. The molecule has 0 radical (unpaired) electrons. The maximum absolute atomic E-state index is 13.5. The number of nitrogens with one attached hydrogen (secondary N) is 2. The van der Waals surface area contributed by atoms with Crippen LogP contribution in [-0.4, -0.2) is 31.7 Å². The van der Waals surface area contributed by atoms with Crippen LogP contribution in [0.3, 0.4) is 0 Å². The summed E-state index contributed by atoms with van der Waals surface area (Å²) < 4.78 is 16.7. The normalized spacial score (nSPS) is 13.6. The second-order valence-electron chi connectivity index (χ2n) is 9.52. The zero-order chi connectivity index (χ0) is 28.1. The van der Waals surface area contributed by atoms with E-state index in [0.29, 0.717) is 47.1 Å². The fraction of sp³-hybridized carbons (Fsp3) is 0.219. The Morgan fingerprint density at radius 3 is 2.20 bits per heavy atom. The molecule has 0 unspecified atom stereocenters. The van der Waals surface area contributed by atoms with Gasteiger partial charge in [-0.1, -0.05) is 60.7 Å². The van der Waals surface area contributed by atoms with Gasteiger partial charge in [0.1, 0.15) is 17.3 Å². The number of fused-ring (bicyclic) bond motifs is 1. The number of aryl methyl sites for hydroxylation is 1. The summed E-state index contributed by atoms with van der Waals surface area (Å²) >= 11 is 0. The molecule has 0 saturated carbocycles. The van der Waals surface area contributed by atoms with Crippen LogP contribution in [0.4, 0.5) is 5.69 Å². The molecular weight excluding hydrogens is 506 g/mol. The Balaban J connectivity index is 1.40. The third-order valence-corrected chi connectivity index (χ3v) is 7.02. The van der Waals surface area contributed by atoms with Crippen LogP contribution in [0.2, 0.25) is 0 Å². The van der Waals surface area contributed by atoms with Crippen LogP contribution in [0.25, 0.3) is 0 Å². The molecule has 0 atom stereocenters. The molecule has 0 bridgehead atoms. The van der Waals surface area contributed by atoms with E-state index in [0.717, 1.165) is 23.1 Å². The number of nitrogens with zero attached hydrogens (tertiary/aromatic N) is 1. The Bertz CT molecular complexity index is 1500. The van der Waals surface area contributed by atoms with Crippen molar-refractivity contribution in [3.8, 4) is 11.5 Å². The molecule has 204 valence electrons. The number of carbonyl (C=O) groups is 2. The van der Waals surface area contributed by atoms with Crippen LogP contribution in [0.15, 0.2) is 88.4 Å². The van der Waals surface area contributed by atoms with E-state index in [-0.39, 0.29) is 11.7 Å². The van der Waals surface area contributed by atoms with Crippen molar-refractivity contribution in [3.63, 3.8) is 0 Å². The van der Waals surface area contributed by atoms with Crippen LogP contribution >= 0.6 is 0 Å². The lowest BCUT2D eigenvalue weighted by atomic mass is 9.90. The van der Waals surface area contributed by atoms with Crippen LogP contribution < -0.4 is 20.2 Å². The summed E-state index contributed by atoms with van der Waals surface area (Å²) in [6.07, 6.45) is 2.13. The molecular formula is C32H31N3O5. The van der Waals surface area contributed by atoms with Gasteiger partial charge in [-0.25, -0.2) is 5.43 Å². The molecule has 40 heavy (non-hydrogen) atoms. The molecule has 1 aliphatic carbocycles. The van der Waals surface area contributed by atoms with Crippen LogP contribution in [-0.2, 0) is 11.2 Å². The number of furan rings is 1. The molecule has 1 aromatic heterocycles. The summed E-state index contributed by atoms with van der Waals surface area (Å²) in [5.41, 5.74) is 7.19. The van der Waals surface area contributed by atoms with Crippen LogP contribution in [0.1, 0.15) is 57.3 Å². The van der Waals surface area contributed by atoms with Crippen LogP contribution in [0.5, 0.6) is 11.5 Å². The molecule has 1 heterocycles. The van der Waals surface area contributed by atoms with Gasteiger partial charge in [0, 0.05) is 23.6 Å². The van der Waals surface area contributed by atoms with Gasteiger partial charge in [0.2, 0.25) is 0 Å². The number of carbonyl (C=O) groups excluding carboxylic acids is 2. The third kappa shape index (κ3) is 5.47. The first-order chi connectivity index (χ1) is 19.5. The maximum Gasteiger partial charge on any atom is 0.291 e. The number of hydrazone groups is 1. The molecule has 2 amide bonds. The first-order valence-corrected chi connectivity index (χ1v) is 13.1. The first-order valence-electron chi connectivity index (χ1n) is 13.1. The van der Waals surface area contributed by atoms with Gasteiger partial charge in [0.25, 0.3) is 11.8 Å². The van der Waals surface area contributed by atoms with E-state index < -0.39 is 11.8 Å². The number of methoxy groups -OCH3 is 2.